The second kappa shape index (κ2) is 7.18. The van der Waals surface area contributed by atoms with Crippen molar-refractivity contribution in [2.24, 2.45) is 0 Å². The topological polar surface area (TPSA) is 87.4 Å². The van der Waals surface area contributed by atoms with Crippen molar-refractivity contribution in [3.05, 3.63) is 36.5 Å². The number of piperidine rings is 1. The molecule has 3 rings (SSSR count). The third-order valence-corrected chi connectivity index (χ3v) is 4.51. The summed E-state index contributed by atoms with van der Waals surface area (Å²) in [5.41, 5.74) is -0.435. The Morgan fingerprint density at radius 3 is 2.92 bits per heavy atom. The third-order valence-electron chi connectivity index (χ3n) is 4.51. The molecule has 0 spiro atoms. The highest BCUT2D eigenvalue weighted by atomic mass is 16.3. The number of nitrogens with zero attached hydrogens (tertiary/aromatic N) is 6. The van der Waals surface area contributed by atoms with Gasteiger partial charge in [0.15, 0.2) is 0 Å². The first kappa shape index (κ1) is 17.3. The van der Waals surface area contributed by atoms with E-state index in [1.807, 2.05) is 11.8 Å². The molecule has 1 amide bonds. The zero-order valence-electron chi connectivity index (χ0n) is 14.7. The monoisotopic (exact) mass is 344 g/mol. The van der Waals surface area contributed by atoms with Crippen molar-refractivity contribution in [2.45, 2.75) is 31.9 Å². The maximum absolute atomic E-state index is 12.6. The Morgan fingerprint density at radius 2 is 2.24 bits per heavy atom. The van der Waals surface area contributed by atoms with E-state index >= 15 is 0 Å². The molecule has 1 fully saturated rings. The van der Waals surface area contributed by atoms with Crippen LogP contribution in [-0.4, -0.2) is 67.9 Å². The Labute approximate surface area is 147 Å². The van der Waals surface area contributed by atoms with Crippen LogP contribution in [-0.2, 0) is 6.54 Å². The molecule has 0 unspecified atom stereocenters. The van der Waals surface area contributed by atoms with Crippen LogP contribution in [0.5, 0.6) is 0 Å². The maximum atomic E-state index is 12.6. The second-order valence-corrected chi connectivity index (χ2v) is 6.56. The van der Waals surface area contributed by atoms with E-state index in [9.17, 15) is 9.90 Å². The second-order valence-electron chi connectivity index (χ2n) is 6.56. The number of rotatable bonds is 5. The Hall–Kier alpha value is -2.48. The molecule has 0 aliphatic carbocycles. The van der Waals surface area contributed by atoms with Gasteiger partial charge in [-0.1, -0.05) is 0 Å². The first-order valence-electron chi connectivity index (χ1n) is 8.52. The summed E-state index contributed by atoms with van der Waals surface area (Å²) in [5, 5.41) is 15.2. The lowest BCUT2D eigenvalue weighted by atomic mass is 9.92. The lowest BCUT2D eigenvalue weighted by Gasteiger charge is -2.41. The SMILES string of the molecule is CCn1cc(C(=O)N(C)C[C@]2(O)CCCN(c3cnccn3)C2)cn1. The summed E-state index contributed by atoms with van der Waals surface area (Å²) < 4.78 is 1.71. The molecule has 8 heteroatoms. The number of aromatic nitrogens is 4. The van der Waals surface area contributed by atoms with Gasteiger partial charge in [-0.05, 0) is 19.8 Å². The van der Waals surface area contributed by atoms with Crippen molar-refractivity contribution in [1.82, 2.24) is 24.6 Å². The van der Waals surface area contributed by atoms with E-state index in [2.05, 4.69) is 15.1 Å². The Bertz CT molecular complexity index is 719. The van der Waals surface area contributed by atoms with Crippen molar-refractivity contribution in [3.63, 3.8) is 0 Å². The molecular weight excluding hydrogens is 320 g/mol. The van der Waals surface area contributed by atoms with Crippen molar-refractivity contribution >= 4 is 11.7 Å². The number of amides is 1. The van der Waals surface area contributed by atoms with Gasteiger partial charge in [-0.15, -0.1) is 0 Å². The van der Waals surface area contributed by atoms with E-state index in [0.29, 0.717) is 25.1 Å². The summed E-state index contributed by atoms with van der Waals surface area (Å²) in [6.45, 7) is 4.20. The fourth-order valence-corrected chi connectivity index (χ4v) is 3.27. The van der Waals surface area contributed by atoms with Crippen molar-refractivity contribution in [2.75, 3.05) is 31.6 Å². The Morgan fingerprint density at radius 1 is 1.40 bits per heavy atom. The maximum Gasteiger partial charge on any atom is 0.256 e. The summed E-state index contributed by atoms with van der Waals surface area (Å²) >= 11 is 0. The molecule has 3 heterocycles. The molecule has 0 aromatic carbocycles. The zero-order valence-corrected chi connectivity index (χ0v) is 14.7. The highest BCUT2D eigenvalue weighted by Gasteiger charge is 2.36. The van der Waals surface area contributed by atoms with Gasteiger partial charge in [0.25, 0.3) is 5.91 Å². The summed E-state index contributed by atoms with van der Waals surface area (Å²) in [6.07, 6.45) is 9.75. The van der Waals surface area contributed by atoms with Crippen LogP contribution in [0, 0.1) is 0 Å². The van der Waals surface area contributed by atoms with Gasteiger partial charge in [-0.25, -0.2) is 4.98 Å². The smallest absolute Gasteiger partial charge is 0.256 e. The van der Waals surface area contributed by atoms with E-state index < -0.39 is 5.60 Å². The molecule has 2 aromatic heterocycles. The highest BCUT2D eigenvalue weighted by Crippen LogP contribution is 2.25. The van der Waals surface area contributed by atoms with E-state index in [1.54, 1.807) is 47.6 Å². The largest absolute Gasteiger partial charge is 0.386 e. The van der Waals surface area contributed by atoms with Crippen molar-refractivity contribution in [1.29, 1.82) is 0 Å². The molecule has 0 saturated carbocycles. The van der Waals surface area contributed by atoms with Gasteiger partial charge in [-0.2, -0.15) is 5.10 Å². The molecule has 0 bridgehead atoms. The number of aryl methyl sites for hydroxylation is 1. The van der Waals surface area contributed by atoms with Crippen LogP contribution in [0.3, 0.4) is 0 Å². The number of hydrogen-bond acceptors (Lipinski definition) is 6. The van der Waals surface area contributed by atoms with E-state index in [0.717, 1.165) is 18.8 Å². The fourth-order valence-electron chi connectivity index (χ4n) is 3.27. The molecular formula is C17H24N6O2. The van der Waals surface area contributed by atoms with Crippen LogP contribution in [0.25, 0.3) is 0 Å². The van der Waals surface area contributed by atoms with Crippen molar-refractivity contribution in [3.8, 4) is 0 Å². The van der Waals surface area contributed by atoms with Gasteiger partial charge in [0.2, 0.25) is 0 Å². The summed E-state index contributed by atoms with van der Waals surface area (Å²) in [4.78, 5) is 24.5. The minimum Gasteiger partial charge on any atom is -0.386 e. The molecule has 2 aromatic rings. The minimum atomic E-state index is -0.971. The molecule has 0 radical (unpaired) electrons. The number of anilines is 1. The number of carbonyl (C=O) groups is 1. The summed E-state index contributed by atoms with van der Waals surface area (Å²) in [6, 6.07) is 0. The molecule has 25 heavy (non-hydrogen) atoms. The van der Waals surface area contributed by atoms with Gasteiger partial charge >= 0.3 is 0 Å². The molecule has 1 aliphatic heterocycles. The molecule has 1 aliphatic rings. The highest BCUT2D eigenvalue weighted by molar-refractivity contribution is 5.93. The van der Waals surface area contributed by atoms with E-state index in [4.69, 9.17) is 0 Å². The first-order chi connectivity index (χ1) is 12.0. The molecule has 1 atom stereocenters. The average molecular weight is 344 g/mol. The van der Waals surface area contributed by atoms with Gasteiger partial charge in [0, 0.05) is 45.3 Å². The van der Waals surface area contributed by atoms with Crippen LogP contribution in [0.1, 0.15) is 30.1 Å². The summed E-state index contributed by atoms with van der Waals surface area (Å²) in [5.74, 6) is 0.614. The average Bonchev–Trinajstić information content (AvgIpc) is 3.10. The Balaban J connectivity index is 1.66. The van der Waals surface area contributed by atoms with Crippen LogP contribution in [0.2, 0.25) is 0 Å². The zero-order chi connectivity index (χ0) is 17.9. The molecule has 8 nitrogen and oxygen atoms in total. The van der Waals surface area contributed by atoms with E-state index in [-0.39, 0.29) is 12.5 Å². The van der Waals surface area contributed by atoms with Gasteiger partial charge in [-0.3, -0.25) is 14.5 Å². The van der Waals surface area contributed by atoms with Crippen LogP contribution >= 0.6 is 0 Å². The lowest BCUT2D eigenvalue weighted by molar-refractivity contribution is -0.000148. The summed E-state index contributed by atoms with van der Waals surface area (Å²) in [7, 11) is 1.71. The predicted octanol–water partition coefficient (Wildman–Crippen LogP) is 0.796. The first-order valence-corrected chi connectivity index (χ1v) is 8.52. The molecule has 1 saturated heterocycles. The quantitative estimate of drug-likeness (QED) is 0.863. The number of β-amino-alcohol motifs (C(OH)–C–C–N with tert-alkyl or cyclic N) is 1. The molecule has 1 N–H and O–H groups in total. The van der Waals surface area contributed by atoms with E-state index in [1.165, 1.54) is 0 Å². The van der Waals surface area contributed by atoms with Crippen LogP contribution in [0.4, 0.5) is 5.82 Å². The number of carbonyl (C=O) groups excluding carboxylic acids is 1. The number of hydrogen-bond donors (Lipinski definition) is 1. The molecule has 134 valence electrons. The number of aliphatic hydroxyl groups is 1. The van der Waals surface area contributed by atoms with Crippen LogP contribution in [0.15, 0.2) is 31.0 Å². The Kier molecular flexibility index (Phi) is 4.98. The number of likely N-dealkylation sites (N-methyl/N-ethyl adjacent to an activating group) is 1. The van der Waals surface area contributed by atoms with Gasteiger partial charge in [0.1, 0.15) is 5.82 Å². The standard InChI is InChI=1S/C17H24N6O2/c1-3-23-11-14(9-20-23)16(24)21(2)12-17(25)5-4-8-22(13-17)15-10-18-6-7-19-15/h6-7,9-11,25H,3-5,8,12-13H2,1-2H3/t17-/m1/s1. The van der Waals surface area contributed by atoms with Gasteiger partial charge < -0.3 is 14.9 Å². The predicted molar refractivity (Wildman–Crippen MR) is 93.3 cm³/mol. The van der Waals surface area contributed by atoms with Crippen LogP contribution < -0.4 is 4.90 Å². The van der Waals surface area contributed by atoms with Gasteiger partial charge in [0.05, 0.1) is 30.1 Å². The lowest BCUT2D eigenvalue weighted by Crippen LogP contribution is -2.54. The normalized spacial score (nSPS) is 20.5. The third kappa shape index (κ3) is 3.96. The minimum absolute atomic E-state index is 0.134. The van der Waals surface area contributed by atoms with Crippen molar-refractivity contribution < 1.29 is 9.90 Å². The fraction of sp³-hybridized carbons (Fsp3) is 0.529.